The van der Waals surface area contributed by atoms with Crippen molar-refractivity contribution in [3.63, 3.8) is 0 Å². The number of para-hydroxylation sites is 1. The molecule has 0 saturated carbocycles. The number of carbonyl (C=O) groups excluding carboxylic acids is 1. The van der Waals surface area contributed by atoms with E-state index in [1.807, 2.05) is 30.3 Å². The highest BCUT2D eigenvalue weighted by Crippen LogP contribution is 2.33. The monoisotopic (exact) mass is 417 g/mol. The maximum atomic E-state index is 13.4. The molecule has 0 saturated heterocycles. The van der Waals surface area contributed by atoms with Gasteiger partial charge in [-0.3, -0.25) is 0 Å². The molecule has 0 radical (unpaired) electrons. The molecular weight excluding hydrogens is 397 g/mol. The van der Waals surface area contributed by atoms with Gasteiger partial charge in [-0.2, -0.15) is 0 Å². The van der Waals surface area contributed by atoms with Crippen LogP contribution >= 0.6 is 0 Å². The van der Waals surface area contributed by atoms with Gasteiger partial charge >= 0.3 is 5.97 Å². The number of esters is 1. The summed E-state index contributed by atoms with van der Waals surface area (Å²) in [6.07, 6.45) is 0. The molecule has 31 heavy (non-hydrogen) atoms. The van der Waals surface area contributed by atoms with Gasteiger partial charge in [-0.25, -0.2) is 14.2 Å². The van der Waals surface area contributed by atoms with E-state index in [0.29, 0.717) is 39.2 Å². The Kier molecular flexibility index (Phi) is 5.80. The Bertz CT molecular complexity index is 1260. The van der Waals surface area contributed by atoms with Crippen LogP contribution in [0.3, 0.4) is 0 Å². The van der Waals surface area contributed by atoms with Crippen LogP contribution in [0.1, 0.15) is 15.9 Å². The molecule has 0 N–H and O–H groups in total. The SMILES string of the molecule is COc1ccc(-c2cc(C(=O)OCc3cccc(F)c3)c3ccccc3n2)cc1OC. The predicted octanol–water partition coefficient (Wildman–Crippen LogP) is 5.42. The molecule has 0 spiro atoms. The number of carbonyl (C=O) groups is 1. The van der Waals surface area contributed by atoms with Crippen molar-refractivity contribution in [1.29, 1.82) is 0 Å². The minimum absolute atomic E-state index is 0.0288. The largest absolute Gasteiger partial charge is 0.493 e. The summed E-state index contributed by atoms with van der Waals surface area (Å²) in [6, 6.07) is 20.4. The van der Waals surface area contributed by atoms with Gasteiger partial charge in [-0.15, -0.1) is 0 Å². The summed E-state index contributed by atoms with van der Waals surface area (Å²) in [5.74, 6) is 0.273. The average Bonchev–Trinajstić information content (AvgIpc) is 2.81. The Morgan fingerprint density at radius 3 is 2.48 bits per heavy atom. The molecule has 0 aliphatic heterocycles. The molecule has 0 aliphatic carbocycles. The molecule has 156 valence electrons. The third-order valence-corrected chi connectivity index (χ3v) is 4.87. The second-order valence-corrected chi connectivity index (χ2v) is 6.85. The summed E-state index contributed by atoms with van der Waals surface area (Å²) >= 11 is 0. The van der Waals surface area contributed by atoms with Gasteiger partial charge in [0.25, 0.3) is 0 Å². The molecule has 0 amide bonds. The molecule has 0 atom stereocenters. The zero-order valence-corrected chi connectivity index (χ0v) is 17.1. The topological polar surface area (TPSA) is 57.7 Å². The molecule has 5 nitrogen and oxygen atoms in total. The van der Waals surface area contributed by atoms with Gasteiger partial charge in [0.15, 0.2) is 11.5 Å². The lowest BCUT2D eigenvalue weighted by Crippen LogP contribution is -2.07. The van der Waals surface area contributed by atoms with E-state index in [-0.39, 0.29) is 12.4 Å². The number of ether oxygens (including phenoxy) is 3. The number of nitrogens with zero attached hydrogens (tertiary/aromatic N) is 1. The Labute approximate surface area is 179 Å². The number of methoxy groups -OCH3 is 2. The van der Waals surface area contributed by atoms with Gasteiger partial charge in [0, 0.05) is 10.9 Å². The maximum Gasteiger partial charge on any atom is 0.339 e. The lowest BCUT2D eigenvalue weighted by Gasteiger charge is -2.12. The number of aromatic nitrogens is 1. The van der Waals surface area contributed by atoms with E-state index in [2.05, 4.69) is 0 Å². The van der Waals surface area contributed by atoms with Gasteiger partial charge < -0.3 is 14.2 Å². The van der Waals surface area contributed by atoms with Crippen LogP contribution in [-0.2, 0) is 11.3 Å². The molecule has 0 unspecified atom stereocenters. The molecule has 4 rings (SSSR count). The van der Waals surface area contributed by atoms with E-state index in [4.69, 9.17) is 19.2 Å². The second kappa shape index (κ2) is 8.83. The van der Waals surface area contributed by atoms with Crippen LogP contribution in [0.15, 0.2) is 72.8 Å². The lowest BCUT2D eigenvalue weighted by atomic mass is 10.0. The quantitative estimate of drug-likeness (QED) is 0.392. The van der Waals surface area contributed by atoms with E-state index in [0.717, 1.165) is 5.56 Å². The lowest BCUT2D eigenvalue weighted by molar-refractivity contribution is 0.0474. The number of hydrogen-bond donors (Lipinski definition) is 0. The summed E-state index contributed by atoms with van der Waals surface area (Å²) in [5, 5.41) is 0.677. The summed E-state index contributed by atoms with van der Waals surface area (Å²) in [4.78, 5) is 17.6. The number of rotatable bonds is 6. The minimum atomic E-state index is -0.510. The number of pyridine rings is 1. The molecule has 0 fully saturated rings. The van der Waals surface area contributed by atoms with Crippen LogP contribution in [0, 0.1) is 5.82 Å². The van der Waals surface area contributed by atoms with E-state index >= 15 is 0 Å². The second-order valence-electron chi connectivity index (χ2n) is 6.85. The first-order valence-electron chi connectivity index (χ1n) is 9.63. The smallest absolute Gasteiger partial charge is 0.339 e. The molecule has 4 aromatic rings. The van der Waals surface area contributed by atoms with Crippen molar-refractivity contribution < 1.29 is 23.4 Å². The Morgan fingerprint density at radius 2 is 1.71 bits per heavy atom. The summed E-state index contributed by atoms with van der Waals surface area (Å²) in [7, 11) is 3.13. The van der Waals surface area contributed by atoms with Crippen molar-refractivity contribution in [2.24, 2.45) is 0 Å². The Hall–Kier alpha value is -3.93. The molecule has 3 aromatic carbocycles. The van der Waals surface area contributed by atoms with E-state index in [1.165, 1.54) is 12.1 Å². The average molecular weight is 417 g/mol. The highest BCUT2D eigenvalue weighted by atomic mass is 19.1. The van der Waals surface area contributed by atoms with Crippen LogP contribution in [0.4, 0.5) is 4.39 Å². The van der Waals surface area contributed by atoms with Crippen LogP contribution in [0.2, 0.25) is 0 Å². The molecule has 0 bridgehead atoms. The van der Waals surface area contributed by atoms with Gasteiger partial charge in [0.1, 0.15) is 12.4 Å². The molecule has 0 aliphatic rings. The third kappa shape index (κ3) is 4.33. The van der Waals surface area contributed by atoms with Crippen molar-refractivity contribution in [2.75, 3.05) is 14.2 Å². The zero-order chi connectivity index (χ0) is 21.8. The summed E-state index contributed by atoms with van der Waals surface area (Å²) in [5.41, 5.74) is 2.98. The molecule has 1 aromatic heterocycles. The van der Waals surface area contributed by atoms with Crippen LogP contribution in [0.5, 0.6) is 11.5 Å². The molecular formula is C25H20FNO4. The predicted molar refractivity (Wildman–Crippen MR) is 116 cm³/mol. The van der Waals surface area contributed by atoms with Gasteiger partial charge in [0.05, 0.1) is 31.0 Å². The van der Waals surface area contributed by atoms with Crippen molar-refractivity contribution in [2.45, 2.75) is 6.61 Å². The number of hydrogen-bond acceptors (Lipinski definition) is 5. The van der Waals surface area contributed by atoms with E-state index in [1.54, 1.807) is 44.6 Å². The first-order chi connectivity index (χ1) is 15.1. The van der Waals surface area contributed by atoms with Gasteiger partial charge in [-0.1, -0.05) is 30.3 Å². The number of benzene rings is 3. The minimum Gasteiger partial charge on any atom is -0.493 e. The van der Waals surface area contributed by atoms with Crippen molar-refractivity contribution in [3.8, 4) is 22.8 Å². The fraction of sp³-hybridized carbons (Fsp3) is 0.120. The van der Waals surface area contributed by atoms with Crippen molar-refractivity contribution >= 4 is 16.9 Å². The van der Waals surface area contributed by atoms with Crippen molar-refractivity contribution in [3.05, 3.63) is 89.7 Å². The first kappa shape index (κ1) is 20.3. The standard InChI is InChI=1S/C25H20FNO4/c1-29-23-11-10-17(13-24(23)30-2)22-14-20(19-8-3-4-9-21(19)27-22)25(28)31-15-16-6-5-7-18(26)12-16/h3-14H,15H2,1-2H3. The molecule has 1 heterocycles. The van der Waals surface area contributed by atoms with Crippen LogP contribution in [0.25, 0.3) is 22.2 Å². The molecule has 6 heteroatoms. The third-order valence-electron chi connectivity index (χ3n) is 4.87. The summed E-state index contributed by atoms with van der Waals surface area (Å²) < 4.78 is 29.6. The van der Waals surface area contributed by atoms with E-state index < -0.39 is 5.97 Å². The Balaban J connectivity index is 1.72. The van der Waals surface area contributed by atoms with Crippen LogP contribution in [-0.4, -0.2) is 25.2 Å². The van der Waals surface area contributed by atoms with Crippen LogP contribution < -0.4 is 9.47 Å². The fourth-order valence-electron chi connectivity index (χ4n) is 3.34. The normalized spacial score (nSPS) is 10.7. The first-order valence-corrected chi connectivity index (χ1v) is 9.63. The fourth-order valence-corrected chi connectivity index (χ4v) is 3.34. The van der Waals surface area contributed by atoms with Gasteiger partial charge in [0.2, 0.25) is 0 Å². The Morgan fingerprint density at radius 1 is 0.903 bits per heavy atom. The highest BCUT2D eigenvalue weighted by molar-refractivity contribution is 6.04. The zero-order valence-electron chi connectivity index (χ0n) is 17.1. The highest BCUT2D eigenvalue weighted by Gasteiger charge is 2.16. The van der Waals surface area contributed by atoms with Gasteiger partial charge in [-0.05, 0) is 48.0 Å². The van der Waals surface area contributed by atoms with E-state index in [9.17, 15) is 9.18 Å². The van der Waals surface area contributed by atoms with Crippen molar-refractivity contribution in [1.82, 2.24) is 4.98 Å². The maximum absolute atomic E-state index is 13.4. The summed E-state index contributed by atoms with van der Waals surface area (Å²) in [6.45, 7) is -0.0288. The number of halogens is 1. The number of fused-ring (bicyclic) bond motifs is 1.